The van der Waals surface area contributed by atoms with E-state index in [-0.39, 0.29) is 97.7 Å². The van der Waals surface area contributed by atoms with Gasteiger partial charge in [-0.3, -0.25) is 4.79 Å². The molecule has 439 valence electrons. The smallest absolute Gasteiger partial charge is 0.872 e. The third kappa shape index (κ3) is 27.5. The minimum Gasteiger partial charge on any atom is -0.872 e. The van der Waals surface area contributed by atoms with Crippen LogP contribution >= 0.6 is 0 Å². The van der Waals surface area contributed by atoms with E-state index in [4.69, 9.17) is 48.7 Å². The van der Waals surface area contributed by atoms with Crippen LogP contribution in [0.2, 0.25) is 0 Å². The third-order valence-electron chi connectivity index (χ3n) is 13.9. The summed E-state index contributed by atoms with van der Waals surface area (Å²) in [6.45, 7) is 41.5. The summed E-state index contributed by atoms with van der Waals surface area (Å²) in [5.41, 5.74) is 10.8. The number of isocyanates is 1. The first-order valence-corrected chi connectivity index (χ1v) is 28.4. The predicted octanol–water partition coefficient (Wildman–Crippen LogP) is 4.74. The SMILES string of the molecule is C1CCOC1.C1COCC[NH+]2CCOCCOCC[NH+](CCO1)CCOCCOCC2.Cc1ccc([N-]c2c(Cc3cc(C)cc(C(C)(C)C)c3[O-])cc(C(C)(C)C)cc2Cc2cc(C)cc(C(C)(C)C)c2[O-])cc1.[K+].[N-]=C=O.[V]. The molecule has 1 radical (unpaired) electrons. The molecule has 0 aromatic heterocycles. The summed E-state index contributed by atoms with van der Waals surface area (Å²) in [5.74, 6) is 0.199. The molecule has 8 rings (SSSR count). The Hall–Kier alpha value is -2.48. The van der Waals surface area contributed by atoms with Gasteiger partial charge in [-0.15, -0.1) is 22.9 Å². The first-order valence-electron chi connectivity index (χ1n) is 28.4. The Labute approximate surface area is 535 Å². The second kappa shape index (κ2) is 38.5. The molecule has 4 aliphatic rings. The van der Waals surface area contributed by atoms with Crippen LogP contribution in [0.4, 0.5) is 11.4 Å². The Kier molecular flexibility index (Phi) is 35.4. The van der Waals surface area contributed by atoms with Gasteiger partial charge in [-0.05, 0) is 85.5 Å². The molecule has 0 spiro atoms. The molecule has 14 nitrogen and oxygen atoms in total. The van der Waals surface area contributed by atoms with E-state index in [1.807, 2.05) is 36.4 Å². The van der Waals surface area contributed by atoms with Crippen molar-refractivity contribution in [2.45, 2.75) is 125 Å². The predicted molar refractivity (Wildman–Crippen MR) is 308 cm³/mol. The maximum absolute atomic E-state index is 13.9. The average Bonchev–Trinajstić information content (AvgIpc) is 3.97. The topological polar surface area (TPSA) is 173 Å². The number of quaternary nitrogens is 2. The Morgan fingerprint density at radius 1 is 0.475 bits per heavy atom. The van der Waals surface area contributed by atoms with Crippen molar-refractivity contribution in [1.29, 1.82) is 0 Å². The molecule has 4 fully saturated rings. The van der Waals surface area contributed by atoms with E-state index in [9.17, 15) is 10.2 Å². The molecule has 0 unspecified atom stereocenters. The zero-order valence-electron chi connectivity index (χ0n) is 51.2. The minimum atomic E-state index is -0.258. The summed E-state index contributed by atoms with van der Waals surface area (Å²) in [4.78, 5) is 11.1. The molecule has 2 bridgehead atoms. The molecule has 4 heterocycles. The standard InChI is InChI=1S/C41H52NO2.C18H36N2O6.C4H8O.CNO.K.V/c1-25-13-15-33(16-14-25)42-36-28(21-30-17-26(2)19-34(37(30)43)40(7,8)9)23-32(39(4,5)6)24-29(36)22-31-18-27(3)20-35(38(31)44)41(10,11)12;1-7-21-13-14-24-10-4-20-5-11-25-17-15-22-8-2-19(1)3-9-23-16-18-26-12-6-20;1-2-4-5-3-1;2-1-3;;/h13-20,23-24,43-44H,21-22H2,1-12H3;1-18H2;1-4H2;;;/q-1;;;-1;+1;. The zero-order valence-corrected chi connectivity index (χ0v) is 55.7. The fourth-order valence-corrected chi connectivity index (χ4v) is 9.36. The molecule has 4 aromatic carbocycles. The molecular weight excluding hydrogens is 1070 g/mol. The molecule has 4 saturated heterocycles. The summed E-state index contributed by atoms with van der Waals surface area (Å²) in [6, 6.07) is 20.8. The van der Waals surface area contributed by atoms with Crippen molar-refractivity contribution in [1.82, 2.24) is 0 Å². The van der Waals surface area contributed by atoms with Gasteiger partial charge in [0.25, 0.3) is 0 Å². The van der Waals surface area contributed by atoms with Crippen LogP contribution in [0.3, 0.4) is 0 Å². The van der Waals surface area contributed by atoms with Gasteiger partial charge >= 0.3 is 51.4 Å². The van der Waals surface area contributed by atoms with Crippen LogP contribution in [0.1, 0.15) is 131 Å². The normalized spacial score (nSPS) is 18.4. The largest absolute Gasteiger partial charge is 1.00 e. The molecule has 0 aliphatic carbocycles. The second-order valence-electron chi connectivity index (χ2n) is 23.9. The molecule has 16 heteroatoms. The fraction of sp³-hybridized carbons (Fsp3) is 0.609. The van der Waals surface area contributed by atoms with E-state index in [2.05, 4.69) is 107 Å². The molecule has 4 aromatic rings. The van der Waals surface area contributed by atoms with E-state index in [0.717, 1.165) is 154 Å². The summed E-state index contributed by atoms with van der Waals surface area (Å²) in [7, 11) is 0. The van der Waals surface area contributed by atoms with Crippen LogP contribution in [-0.4, -0.2) is 138 Å². The first-order chi connectivity index (χ1) is 37.1. The number of hydrogen-bond acceptors (Lipinski definition) is 10. The average molecular weight is 1170 g/mol. The molecule has 0 amide bonds. The van der Waals surface area contributed by atoms with E-state index >= 15 is 0 Å². The van der Waals surface area contributed by atoms with Crippen molar-refractivity contribution in [2.75, 3.05) is 132 Å². The molecule has 2 N–H and O–H groups in total. The number of nitrogens with one attached hydrogen (secondary N) is 2. The van der Waals surface area contributed by atoms with E-state index in [0.29, 0.717) is 58.6 Å². The van der Waals surface area contributed by atoms with Crippen molar-refractivity contribution >= 4 is 17.5 Å². The van der Waals surface area contributed by atoms with Gasteiger partial charge in [-0.1, -0.05) is 162 Å². The van der Waals surface area contributed by atoms with E-state index in [1.54, 1.807) is 0 Å². The van der Waals surface area contributed by atoms with Gasteiger partial charge in [-0.2, -0.15) is 0 Å². The molecule has 0 saturated carbocycles. The van der Waals surface area contributed by atoms with Crippen molar-refractivity contribution in [2.24, 2.45) is 0 Å². The number of hydrogen-bond donors (Lipinski definition) is 2. The third-order valence-corrected chi connectivity index (χ3v) is 13.9. The number of rotatable bonds is 6. The maximum Gasteiger partial charge on any atom is 1.00 e. The van der Waals surface area contributed by atoms with Crippen LogP contribution in [0.25, 0.3) is 10.7 Å². The van der Waals surface area contributed by atoms with Crippen LogP contribution in [0, 0.1) is 20.8 Å². The van der Waals surface area contributed by atoms with E-state index < -0.39 is 0 Å². The Morgan fingerprint density at radius 3 is 1.06 bits per heavy atom. The van der Waals surface area contributed by atoms with Gasteiger partial charge in [0.05, 0.1) is 79.3 Å². The van der Waals surface area contributed by atoms with E-state index in [1.165, 1.54) is 28.2 Å². The molecule has 4 aliphatic heterocycles. The molecular formula is C64H96KN4O10V-. The van der Waals surface area contributed by atoms with Crippen LogP contribution in [-0.2, 0) is 85.6 Å². The Balaban J connectivity index is 0.000000513. The number of benzene rings is 4. The van der Waals surface area contributed by atoms with Crippen molar-refractivity contribution < 1.29 is 128 Å². The summed E-state index contributed by atoms with van der Waals surface area (Å²) in [5, 5.41) is 39.8. The van der Waals surface area contributed by atoms with Crippen molar-refractivity contribution in [3.63, 3.8) is 0 Å². The summed E-state index contributed by atoms with van der Waals surface area (Å²) in [6.07, 6.45) is 3.99. The number of nitrogens with zero attached hydrogens (tertiary/aromatic N) is 2. The van der Waals surface area contributed by atoms with Gasteiger partial charge in [0.15, 0.2) is 0 Å². The Bertz CT molecular complexity index is 2230. The van der Waals surface area contributed by atoms with Crippen LogP contribution in [0.15, 0.2) is 60.7 Å². The van der Waals surface area contributed by atoms with Gasteiger partial charge in [0.2, 0.25) is 0 Å². The Morgan fingerprint density at radius 2 is 0.787 bits per heavy atom. The number of ether oxygens (including phenoxy) is 7. The number of fused-ring (bicyclic) bond motifs is 21. The maximum atomic E-state index is 13.9. The number of carbonyl (C=O) groups excluding carboxylic acids is 1. The fourth-order valence-electron chi connectivity index (χ4n) is 9.36. The number of aryl methyl sites for hydroxylation is 3. The van der Waals surface area contributed by atoms with Crippen LogP contribution in [0.5, 0.6) is 11.5 Å². The first kappa shape index (κ1) is 73.6. The second-order valence-corrected chi connectivity index (χ2v) is 23.9. The summed E-state index contributed by atoms with van der Waals surface area (Å²) >= 11 is 0. The van der Waals surface area contributed by atoms with Gasteiger partial charge < -0.3 is 63.9 Å². The van der Waals surface area contributed by atoms with Gasteiger partial charge in [0.1, 0.15) is 39.3 Å². The van der Waals surface area contributed by atoms with Gasteiger partial charge in [0, 0.05) is 31.8 Å². The quantitative estimate of drug-likeness (QED) is 0.156. The van der Waals surface area contributed by atoms with Crippen LogP contribution < -0.4 is 71.4 Å². The minimum absolute atomic E-state index is 0. The van der Waals surface area contributed by atoms with Crippen molar-refractivity contribution in [3.05, 3.63) is 127 Å². The molecule has 80 heavy (non-hydrogen) atoms. The van der Waals surface area contributed by atoms with Crippen molar-refractivity contribution in [3.8, 4) is 11.5 Å². The monoisotopic (exact) mass is 1170 g/mol. The summed E-state index contributed by atoms with van der Waals surface area (Å²) < 4.78 is 39.3. The zero-order chi connectivity index (χ0) is 57.1. The van der Waals surface area contributed by atoms with Gasteiger partial charge in [-0.25, -0.2) is 0 Å². The molecule has 0 atom stereocenters.